The summed E-state index contributed by atoms with van der Waals surface area (Å²) in [6, 6.07) is 3.71. The lowest BCUT2D eigenvalue weighted by Gasteiger charge is -2.09. The van der Waals surface area contributed by atoms with Crippen LogP contribution in [0.25, 0.3) is 22.4 Å². The van der Waals surface area contributed by atoms with E-state index in [1.807, 2.05) is 0 Å². The minimum atomic E-state index is -1.44. The molecule has 0 aliphatic rings. The van der Waals surface area contributed by atoms with Gasteiger partial charge in [0, 0.05) is 5.56 Å². The maximum atomic E-state index is 14.5. The first kappa shape index (κ1) is 16.7. The van der Waals surface area contributed by atoms with Crippen molar-refractivity contribution in [3.63, 3.8) is 0 Å². The van der Waals surface area contributed by atoms with Crippen molar-refractivity contribution in [2.75, 3.05) is 0 Å². The lowest BCUT2D eigenvalue weighted by atomic mass is 10.00. The normalized spacial score (nSPS) is 10.9. The Labute approximate surface area is 139 Å². The van der Waals surface area contributed by atoms with Gasteiger partial charge in [-0.2, -0.15) is 0 Å². The number of hydrogen-bond donors (Lipinski definition) is 1. The highest BCUT2D eigenvalue weighted by Crippen LogP contribution is 2.34. The van der Waals surface area contributed by atoms with E-state index < -0.39 is 40.4 Å². The Hall–Kier alpha value is -3.16. The summed E-state index contributed by atoms with van der Waals surface area (Å²) in [7, 11) is 0. The van der Waals surface area contributed by atoms with Crippen LogP contribution < -0.4 is 0 Å². The molecule has 1 N–H and O–H groups in total. The monoisotopic (exact) mass is 348 g/mol. The Kier molecular flexibility index (Phi) is 4.03. The molecule has 0 saturated heterocycles. The molecule has 3 rings (SSSR count). The first-order valence-corrected chi connectivity index (χ1v) is 7.12. The fourth-order valence-corrected chi connectivity index (χ4v) is 2.58. The predicted molar refractivity (Wildman–Crippen MR) is 81.5 cm³/mol. The van der Waals surface area contributed by atoms with E-state index in [2.05, 4.69) is 10.1 Å². The van der Waals surface area contributed by atoms with Gasteiger partial charge in [-0.05, 0) is 43.7 Å². The summed E-state index contributed by atoms with van der Waals surface area (Å²) in [4.78, 5) is 14.5. The first-order valence-electron chi connectivity index (χ1n) is 7.12. The van der Waals surface area contributed by atoms with Crippen LogP contribution >= 0.6 is 0 Å². The smallest absolute Gasteiger partial charge is 0.354 e. The fraction of sp³-hybridized carbons (Fsp3) is 0.118. The highest BCUT2D eigenvalue weighted by atomic mass is 19.1. The molecule has 0 unspecified atom stereocenters. The first-order chi connectivity index (χ1) is 11.8. The van der Waals surface area contributed by atoms with E-state index in [1.165, 1.54) is 0 Å². The maximum Gasteiger partial charge on any atom is 0.354 e. The van der Waals surface area contributed by atoms with Gasteiger partial charge in [0.25, 0.3) is 0 Å². The molecule has 128 valence electrons. The number of carboxylic acids is 1. The molecule has 5 nitrogen and oxygen atoms in total. The van der Waals surface area contributed by atoms with Gasteiger partial charge >= 0.3 is 5.97 Å². The van der Waals surface area contributed by atoms with Crippen molar-refractivity contribution in [2.24, 2.45) is 0 Å². The van der Waals surface area contributed by atoms with Gasteiger partial charge in [0.2, 0.25) is 0 Å². The quantitative estimate of drug-likeness (QED) is 0.770. The van der Waals surface area contributed by atoms with E-state index in [9.17, 15) is 18.0 Å². The zero-order valence-corrected chi connectivity index (χ0v) is 13.1. The van der Waals surface area contributed by atoms with E-state index in [0.717, 1.165) is 24.3 Å². The van der Waals surface area contributed by atoms with Gasteiger partial charge in [0.1, 0.15) is 34.6 Å². The molecular weight excluding hydrogens is 337 g/mol. The predicted octanol–water partition coefficient (Wildman–Crippen LogP) is 4.14. The Balaban J connectivity index is 2.20. The van der Waals surface area contributed by atoms with E-state index >= 15 is 0 Å². The van der Waals surface area contributed by atoms with Crippen molar-refractivity contribution in [1.82, 2.24) is 10.1 Å². The summed E-state index contributed by atoms with van der Waals surface area (Å²) in [5, 5.41) is 12.6. The number of pyridine rings is 1. The Morgan fingerprint density at radius 3 is 2.20 bits per heavy atom. The Morgan fingerprint density at radius 2 is 1.68 bits per heavy atom. The number of aromatic carboxylic acids is 1. The number of aryl methyl sites for hydroxylation is 2. The van der Waals surface area contributed by atoms with Gasteiger partial charge in [-0.3, -0.25) is 0 Å². The highest BCUT2D eigenvalue weighted by molar-refractivity contribution is 5.86. The average Bonchev–Trinajstić information content (AvgIpc) is 2.87. The molecule has 0 fully saturated rings. The molecule has 0 radical (unpaired) electrons. The molecule has 3 aromatic rings. The van der Waals surface area contributed by atoms with E-state index in [1.54, 1.807) is 13.8 Å². The Morgan fingerprint density at radius 1 is 1.04 bits per heavy atom. The van der Waals surface area contributed by atoms with E-state index in [4.69, 9.17) is 9.63 Å². The van der Waals surface area contributed by atoms with Crippen molar-refractivity contribution in [1.29, 1.82) is 0 Å². The van der Waals surface area contributed by atoms with Gasteiger partial charge < -0.3 is 9.63 Å². The van der Waals surface area contributed by atoms with Crippen LogP contribution in [0.3, 0.4) is 0 Å². The number of benzene rings is 1. The van der Waals surface area contributed by atoms with Gasteiger partial charge in [0.15, 0.2) is 0 Å². The molecule has 2 heterocycles. The van der Waals surface area contributed by atoms with Crippen LogP contribution in [-0.2, 0) is 0 Å². The maximum absolute atomic E-state index is 14.5. The lowest BCUT2D eigenvalue weighted by molar-refractivity contribution is 0.0690. The molecular formula is C17H11F3N2O3. The number of carbonyl (C=O) groups is 1. The van der Waals surface area contributed by atoms with Crippen LogP contribution in [0.4, 0.5) is 13.2 Å². The second kappa shape index (κ2) is 6.04. The molecule has 0 atom stereocenters. The highest BCUT2D eigenvalue weighted by Gasteiger charge is 2.22. The van der Waals surface area contributed by atoms with Crippen LogP contribution in [0.15, 0.2) is 28.8 Å². The number of hydrogen-bond acceptors (Lipinski definition) is 4. The standard InChI is InChI=1S/C17H11F3N2O3/c1-7-14(8(2)25-22-7)9-5-11(19)15(12(20)6-9)16-10(18)3-4-13(21-16)17(23)24/h3-6H,1-2H3,(H,23,24). The topological polar surface area (TPSA) is 76.2 Å². The molecule has 0 spiro atoms. The second-order valence-corrected chi connectivity index (χ2v) is 5.35. The fourth-order valence-electron chi connectivity index (χ4n) is 2.58. The molecule has 8 heteroatoms. The minimum Gasteiger partial charge on any atom is -0.477 e. The molecule has 0 aliphatic carbocycles. The van der Waals surface area contributed by atoms with Crippen LogP contribution in [0.1, 0.15) is 21.9 Å². The van der Waals surface area contributed by atoms with E-state index in [0.29, 0.717) is 17.0 Å². The average molecular weight is 348 g/mol. The van der Waals surface area contributed by atoms with Gasteiger partial charge in [-0.25, -0.2) is 22.9 Å². The summed E-state index contributed by atoms with van der Waals surface area (Å²) in [6.45, 7) is 3.21. The molecule has 0 amide bonds. The van der Waals surface area contributed by atoms with Gasteiger partial charge in [-0.15, -0.1) is 0 Å². The van der Waals surface area contributed by atoms with Crippen molar-refractivity contribution in [2.45, 2.75) is 13.8 Å². The third-order valence-corrected chi connectivity index (χ3v) is 3.67. The molecule has 0 aliphatic heterocycles. The molecule has 0 bridgehead atoms. The summed E-state index contributed by atoms with van der Waals surface area (Å²) in [5.74, 6) is -4.25. The van der Waals surface area contributed by atoms with Crippen LogP contribution in [0, 0.1) is 31.3 Å². The summed E-state index contributed by atoms with van der Waals surface area (Å²) in [5.41, 5.74) is -0.926. The second-order valence-electron chi connectivity index (χ2n) is 5.35. The van der Waals surface area contributed by atoms with Crippen molar-refractivity contribution < 1.29 is 27.6 Å². The summed E-state index contributed by atoms with van der Waals surface area (Å²) >= 11 is 0. The number of aromatic nitrogens is 2. The van der Waals surface area contributed by atoms with Crippen molar-refractivity contribution in [3.8, 4) is 22.4 Å². The minimum absolute atomic E-state index is 0.171. The lowest BCUT2D eigenvalue weighted by Crippen LogP contribution is -2.04. The Bertz CT molecular complexity index is 956. The third-order valence-electron chi connectivity index (χ3n) is 3.67. The SMILES string of the molecule is Cc1noc(C)c1-c1cc(F)c(-c2nc(C(=O)O)ccc2F)c(F)c1. The van der Waals surface area contributed by atoms with Gasteiger partial charge in [-0.1, -0.05) is 5.16 Å². The van der Waals surface area contributed by atoms with E-state index in [-0.39, 0.29) is 5.56 Å². The number of carboxylic acid groups (broad SMARTS) is 1. The molecule has 2 aromatic heterocycles. The number of halogens is 3. The van der Waals surface area contributed by atoms with Gasteiger partial charge in [0.05, 0.1) is 11.3 Å². The number of rotatable bonds is 3. The van der Waals surface area contributed by atoms with Crippen molar-refractivity contribution in [3.05, 3.63) is 58.9 Å². The molecule has 0 saturated carbocycles. The zero-order valence-electron chi connectivity index (χ0n) is 13.1. The molecule has 25 heavy (non-hydrogen) atoms. The summed E-state index contributed by atoms with van der Waals surface area (Å²) in [6.07, 6.45) is 0. The van der Waals surface area contributed by atoms with Crippen LogP contribution in [0.5, 0.6) is 0 Å². The zero-order chi connectivity index (χ0) is 18.3. The largest absolute Gasteiger partial charge is 0.477 e. The molecule has 1 aromatic carbocycles. The summed E-state index contributed by atoms with van der Waals surface area (Å²) < 4.78 is 48.0. The van der Waals surface area contributed by atoms with Crippen molar-refractivity contribution >= 4 is 5.97 Å². The van der Waals surface area contributed by atoms with Crippen LogP contribution in [0.2, 0.25) is 0 Å². The number of nitrogens with zero attached hydrogens (tertiary/aromatic N) is 2. The van der Waals surface area contributed by atoms with Crippen LogP contribution in [-0.4, -0.2) is 21.2 Å². The third kappa shape index (κ3) is 2.86.